The Morgan fingerprint density at radius 3 is 2.46 bits per heavy atom. The predicted octanol–water partition coefficient (Wildman–Crippen LogP) is 6.44. The normalized spacial score (nSPS) is 32.3. The first-order valence-corrected chi connectivity index (χ1v) is 18.7. The summed E-state index contributed by atoms with van der Waals surface area (Å²) in [5.74, 6) is -7.24. The van der Waals surface area contributed by atoms with Crippen molar-refractivity contribution in [1.29, 1.82) is 0 Å². The van der Waals surface area contributed by atoms with Crippen molar-refractivity contribution in [2.45, 2.75) is 113 Å². The molecule has 0 radical (unpaired) electrons. The van der Waals surface area contributed by atoms with Crippen molar-refractivity contribution >= 4 is 23.5 Å². The first kappa shape index (κ1) is 35.5. The van der Waals surface area contributed by atoms with E-state index in [0.717, 1.165) is 49.6 Å². The number of carboxylic acids is 1. The number of carbonyl (C=O) groups is 2. The monoisotopic (exact) mass is 729 g/mol. The molecular formula is C38H47F4N5O5. The van der Waals surface area contributed by atoms with Gasteiger partial charge < -0.3 is 24.8 Å². The number of hydrogen-bond donors (Lipinski definition) is 2. The molecule has 5 fully saturated rings. The van der Waals surface area contributed by atoms with Gasteiger partial charge >= 0.3 is 5.97 Å². The summed E-state index contributed by atoms with van der Waals surface area (Å²) in [6.07, 6.45) is 8.06. The van der Waals surface area contributed by atoms with Crippen LogP contribution in [0.5, 0.6) is 5.75 Å². The topological polar surface area (TPSA) is 117 Å². The number of alkyl halides is 4. The number of rotatable bonds is 8. The molecule has 10 nitrogen and oxygen atoms in total. The Morgan fingerprint density at radius 2 is 1.79 bits per heavy atom. The van der Waals surface area contributed by atoms with E-state index in [2.05, 4.69) is 22.2 Å². The fourth-order valence-corrected chi connectivity index (χ4v) is 10.3. The van der Waals surface area contributed by atoms with Crippen LogP contribution in [0.25, 0.3) is 0 Å². The number of likely N-dealkylation sites (tertiary alicyclic amines) is 1. The molecule has 6 aliphatic rings. The van der Waals surface area contributed by atoms with E-state index in [1.165, 1.54) is 0 Å². The van der Waals surface area contributed by atoms with Crippen molar-refractivity contribution < 1.29 is 41.7 Å². The van der Waals surface area contributed by atoms with Gasteiger partial charge in [0.25, 0.3) is 17.8 Å². The molecule has 2 saturated heterocycles. The Bertz CT molecular complexity index is 1720. The Labute approximate surface area is 300 Å². The quantitative estimate of drug-likeness (QED) is 0.296. The lowest BCUT2D eigenvalue weighted by Crippen LogP contribution is -2.60. The van der Waals surface area contributed by atoms with Gasteiger partial charge in [0, 0.05) is 50.0 Å². The van der Waals surface area contributed by atoms with Crippen LogP contribution in [0.1, 0.15) is 99.7 Å². The molecule has 3 aliphatic heterocycles. The molecule has 8 rings (SSSR count). The van der Waals surface area contributed by atoms with Gasteiger partial charge in [0.15, 0.2) is 0 Å². The summed E-state index contributed by atoms with van der Waals surface area (Å²) in [4.78, 5) is 38.9. The molecule has 3 saturated carbocycles. The van der Waals surface area contributed by atoms with E-state index in [1.807, 2.05) is 28.0 Å². The highest BCUT2D eigenvalue weighted by Crippen LogP contribution is 2.52. The first-order chi connectivity index (χ1) is 24.6. The lowest BCUT2D eigenvalue weighted by molar-refractivity contribution is -0.151. The number of carbonyl (C=O) groups excluding carboxylic acids is 1. The van der Waals surface area contributed by atoms with E-state index in [0.29, 0.717) is 64.0 Å². The molecular weight excluding hydrogens is 682 g/mol. The van der Waals surface area contributed by atoms with Gasteiger partial charge in [-0.1, -0.05) is 6.92 Å². The second kappa shape index (κ2) is 12.8. The van der Waals surface area contributed by atoms with E-state index < -0.39 is 40.5 Å². The second-order valence-electron chi connectivity index (χ2n) is 16.6. The number of fused-ring (bicyclic) bond motifs is 4. The molecule has 4 atom stereocenters. The number of benzene rings is 1. The molecule has 1 aromatic heterocycles. The number of halogens is 4. The van der Waals surface area contributed by atoms with Gasteiger partial charge in [-0.25, -0.2) is 23.5 Å². The number of nitrogens with one attached hydrogen (secondary N) is 1. The fraction of sp³-hybridized carbons (Fsp3) is 0.684. The number of carboxylic acid groups (broad SMARTS) is 1. The Hall–Kier alpha value is -3.52. The summed E-state index contributed by atoms with van der Waals surface area (Å²) in [6, 6.07) is 5.92. The van der Waals surface area contributed by atoms with Gasteiger partial charge in [-0.2, -0.15) is 8.78 Å². The van der Waals surface area contributed by atoms with E-state index in [4.69, 9.17) is 9.47 Å². The van der Waals surface area contributed by atoms with Crippen LogP contribution in [0.15, 0.2) is 24.4 Å². The predicted molar refractivity (Wildman–Crippen MR) is 182 cm³/mol. The average Bonchev–Trinajstić information content (AvgIpc) is 3.53. The zero-order valence-corrected chi connectivity index (χ0v) is 29.7. The van der Waals surface area contributed by atoms with Crippen LogP contribution in [0.3, 0.4) is 0 Å². The summed E-state index contributed by atoms with van der Waals surface area (Å²) in [6.45, 7) is 3.90. The highest BCUT2D eigenvalue weighted by molar-refractivity contribution is 5.99. The standard InChI is InChI=1S/C38H47F4N5O5/c1-22-13-23-15-24(14-22)38(17-23,33(49)50)45-32(48)28-18-43-34(44-31(28)35(2,39)40)47-19-36(9-11-51-12-10-36)29-16-27(7-8-30(29)47)52-26-5-3-25(4-6-26)46-20-37(41,42)21-46/h7-8,16,18,22-26H,3-6,9-15,17,19-21H2,1-2H3,(H,45,48)(H,49,50)/t22?,23?,24?,25-,26+,38?. The van der Waals surface area contributed by atoms with Gasteiger partial charge in [-0.3, -0.25) is 9.69 Å². The second-order valence-corrected chi connectivity index (χ2v) is 16.6. The number of aliphatic carboxylic acids is 1. The smallest absolute Gasteiger partial charge is 0.329 e. The summed E-state index contributed by atoms with van der Waals surface area (Å²) in [5, 5.41) is 13.0. The molecule has 1 spiro atoms. The van der Waals surface area contributed by atoms with E-state index in [-0.39, 0.29) is 54.9 Å². The Kier molecular flexibility index (Phi) is 8.75. The van der Waals surface area contributed by atoms with Crippen molar-refractivity contribution in [2.75, 3.05) is 37.7 Å². The van der Waals surface area contributed by atoms with Crippen LogP contribution in [0.4, 0.5) is 29.2 Å². The lowest BCUT2D eigenvalue weighted by Gasteiger charge is -2.46. The highest BCUT2D eigenvalue weighted by atomic mass is 19.3. The molecule has 3 aliphatic carbocycles. The summed E-state index contributed by atoms with van der Waals surface area (Å²) >= 11 is 0. The molecule has 52 heavy (non-hydrogen) atoms. The third-order valence-corrected chi connectivity index (χ3v) is 12.8. The molecule has 2 N–H and O–H groups in total. The van der Waals surface area contributed by atoms with E-state index in [1.54, 1.807) is 0 Å². The average molecular weight is 730 g/mol. The third kappa shape index (κ3) is 6.31. The number of ether oxygens (including phenoxy) is 2. The number of amides is 1. The summed E-state index contributed by atoms with van der Waals surface area (Å²) in [5.41, 5.74) is -1.33. The van der Waals surface area contributed by atoms with Crippen LogP contribution < -0.4 is 15.0 Å². The minimum Gasteiger partial charge on any atom is -0.490 e. The van der Waals surface area contributed by atoms with Crippen LogP contribution in [-0.4, -0.2) is 88.3 Å². The molecule has 1 amide bonds. The number of aromatic nitrogens is 2. The van der Waals surface area contributed by atoms with Crippen molar-refractivity contribution in [3.8, 4) is 5.75 Å². The number of hydrogen-bond acceptors (Lipinski definition) is 8. The van der Waals surface area contributed by atoms with E-state index in [9.17, 15) is 23.5 Å². The first-order valence-electron chi connectivity index (χ1n) is 18.7. The van der Waals surface area contributed by atoms with Crippen LogP contribution in [0.2, 0.25) is 0 Å². The Morgan fingerprint density at radius 1 is 1.06 bits per heavy atom. The maximum Gasteiger partial charge on any atom is 0.329 e. The van der Waals surface area contributed by atoms with Crippen LogP contribution >= 0.6 is 0 Å². The molecule has 4 heterocycles. The molecule has 14 heteroatoms. The zero-order valence-electron chi connectivity index (χ0n) is 29.7. The minimum atomic E-state index is -3.52. The lowest BCUT2D eigenvalue weighted by atomic mass is 9.76. The number of nitrogens with zero attached hydrogens (tertiary/aromatic N) is 4. The molecule has 2 aromatic rings. The fourth-order valence-electron chi connectivity index (χ4n) is 10.3. The number of anilines is 2. The zero-order chi connectivity index (χ0) is 36.6. The molecule has 1 aromatic carbocycles. The Balaban J connectivity index is 1.05. The maximum absolute atomic E-state index is 15.3. The van der Waals surface area contributed by atoms with E-state index >= 15 is 8.78 Å². The van der Waals surface area contributed by atoms with Crippen LogP contribution in [0, 0.1) is 17.8 Å². The van der Waals surface area contributed by atoms with Crippen molar-refractivity contribution in [3.05, 3.63) is 41.2 Å². The minimum absolute atomic E-state index is 0.0275. The largest absolute Gasteiger partial charge is 0.490 e. The SMILES string of the molecule is CC1CC2CC(C1)C(NC(=O)c1cnc(N3CC4(CCOCC4)c4cc(O[C@H]5CC[C@@H](N6CC(F)(F)C6)CC5)ccc43)nc1C(C)(F)F)(C(=O)O)C2. The molecule has 2 bridgehead atoms. The highest BCUT2D eigenvalue weighted by Gasteiger charge is 2.57. The van der Waals surface area contributed by atoms with Crippen molar-refractivity contribution in [3.63, 3.8) is 0 Å². The summed E-state index contributed by atoms with van der Waals surface area (Å²) < 4.78 is 69.7. The molecule has 4 unspecified atom stereocenters. The maximum atomic E-state index is 15.3. The third-order valence-electron chi connectivity index (χ3n) is 12.8. The molecule has 282 valence electrons. The summed E-state index contributed by atoms with van der Waals surface area (Å²) in [7, 11) is 0. The van der Waals surface area contributed by atoms with Crippen LogP contribution in [-0.2, 0) is 20.9 Å². The van der Waals surface area contributed by atoms with Gasteiger partial charge in [0.2, 0.25) is 5.95 Å². The van der Waals surface area contributed by atoms with Gasteiger partial charge in [-0.15, -0.1) is 0 Å². The van der Waals surface area contributed by atoms with Gasteiger partial charge in [0.05, 0.1) is 24.8 Å². The van der Waals surface area contributed by atoms with Crippen molar-refractivity contribution in [1.82, 2.24) is 20.2 Å². The van der Waals surface area contributed by atoms with Gasteiger partial charge in [-0.05, 0) is 106 Å². The van der Waals surface area contributed by atoms with Gasteiger partial charge in [0.1, 0.15) is 17.0 Å². The van der Waals surface area contributed by atoms with Crippen molar-refractivity contribution in [2.24, 2.45) is 17.8 Å².